The van der Waals surface area contributed by atoms with Crippen LogP contribution < -0.4 is 11.5 Å². The van der Waals surface area contributed by atoms with Gasteiger partial charge in [-0.05, 0) is 24.3 Å². The first-order chi connectivity index (χ1) is 8.99. The minimum atomic E-state index is 0.174. The predicted octanol–water partition coefficient (Wildman–Crippen LogP) is 3.66. The molecule has 0 aliphatic carbocycles. The molecular formula is C12H9Cl3N4. The number of hydrogen-bond acceptors (Lipinski definition) is 3. The lowest BCUT2D eigenvalue weighted by Gasteiger charge is -2.05. The van der Waals surface area contributed by atoms with Gasteiger partial charge in [0.1, 0.15) is 5.69 Å². The van der Waals surface area contributed by atoms with Crippen LogP contribution in [0.15, 0.2) is 35.5 Å². The third kappa shape index (κ3) is 3.10. The Labute approximate surface area is 125 Å². The van der Waals surface area contributed by atoms with Crippen LogP contribution in [0.2, 0.25) is 15.1 Å². The summed E-state index contributed by atoms with van der Waals surface area (Å²) in [6.45, 7) is 0. The molecule has 98 valence electrons. The SMILES string of the molecule is NC(=Nc1cc(Cl)c(Cl)c(Cl)c1)c1ncccc1N. The maximum atomic E-state index is 5.91. The fraction of sp³-hybridized carbons (Fsp3) is 0. The molecule has 0 radical (unpaired) electrons. The van der Waals surface area contributed by atoms with Gasteiger partial charge in [-0.2, -0.15) is 0 Å². The van der Waals surface area contributed by atoms with Crippen molar-refractivity contribution in [3.8, 4) is 0 Å². The first kappa shape index (κ1) is 13.9. The highest BCUT2D eigenvalue weighted by Gasteiger charge is 2.08. The van der Waals surface area contributed by atoms with Crippen molar-refractivity contribution in [1.29, 1.82) is 0 Å². The summed E-state index contributed by atoms with van der Waals surface area (Å²) in [6, 6.07) is 6.51. The van der Waals surface area contributed by atoms with Gasteiger partial charge >= 0.3 is 0 Å². The van der Waals surface area contributed by atoms with E-state index < -0.39 is 0 Å². The Kier molecular flexibility index (Phi) is 4.14. The molecule has 0 atom stereocenters. The molecule has 19 heavy (non-hydrogen) atoms. The van der Waals surface area contributed by atoms with Gasteiger partial charge in [0.05, 0.1) is 26.4 Å². The summed E-state index contributed by atoms with van der Waals surface area (Å²) in [7, 11) is 0. The number of anilines is 1. The fourth-order valence-electron chi connectivity index (χ4n) is 1.43. The van der Waals surface area contributed by atoms with E-state index >= 15 is 0 Å². The second kappa shape index (κ2) is 5.65. The largest absolute Gasteiger partial charge is 0.397 e. The van der Waals surface area contributed by atoms with Gasteiger partial charge < -0.3 is 11.5 Å². The van der Waals surface area contributed by atoms with Gasteiger partial charge in [-0.3, -0.25) is 4.98 Å². The molecule has 0 amide bonds. The third-order valence-electron chi connectivity index (χ3n) is 2.30. The monoisotopic (exact) mass is 314 g/mol. The van der Waals surface area contributed by atoms with Gasteiger partial charge in [-0.1, -0.05) is 34.8 Å². The summed E-state index contributed by atoms with van der Waals surface area (Å²) >= 11 is 17.7. The van der Waals surface area contributed by atoms with Crippen molar-refractivity contribution in [3.05, 3.63) is 51.2 Å². The molecule has 0 aliphatic heterocycles. The Morgan fingerprint density at radius 3 is 2.37 bits per heavy atom. The highest BCUT2D eigenvalue weighted by Crippen LogP contribution is 2.34. The number of hydrogen-bond donors (Lipinski definition) is 2. The van der Waals surface area contributed by atoms with Crippen LogP contribution in [0.25, 0.3) is 0 Å². The number of nitrogen functional groups attached to an aromatic ring is 1. The Balaban J connectivity index is 2.44. The van der Waals surface area contributed by atoms with E-state index in [0.717, 1.165) is 0 Å². The molecule has 0 spiro atoms. The highest BCUT2D eigenvalue weighted by molar-refractivity contribution is 6.48. The summed E-state index contributed by atoms with van der Waals surface area (Å²) in [5, 5.41) is 0.877. The van der Waals surface area contributed by atoms with Crippen molar-refractivity contribution in [2.45, 2.75) is 0 Å². The summed E-state index contributed by atoms with van der Waals surface area (Å²) in [6.07, 6.45) is 1.58. The topological polar surface area (TPSA) is 77.3 Å². The molecule has 0 bridgehead atoms. The molecule has 1 aromatic heterocycles. The number of aromatic nitrogens is 1. The third-order valence-corrected chi connectivity index (χ3v) is 3.50. The molecule has 0 saturated carbocycles. The van der Waals surface area contributed by atoms with Crippen LogP contribution >= 0.6 is 34.8 Å². The summed E-state index contributed by atoms with van der Waals surface area (Å²) in [5.41, 5.74) is 12.9. The average Bonchev–Trinajstić information content (AvgIpc) is 2.36. The molecular weight excluding hydrogens is 307 g/mol. The van der Waals surface area contributed by atoms with Crippen LogP contribution in [0.3, 0.4) is 0 Å². The molecule has 7 heteroatoms. The molecule has 0 aliphatic rings. The lowest BCUT2D eigenvalue weighted by Crippen LogP contribution is -2.16. The normalized spacial score (nSPS) is 11.6. The van der Waals surface area contributed by atoms with E-state index in [1.54, 1.807) is 30.5 Å². The number of aliphatic imine (C=N–C) groups is 1. The summed E-state index contributed by atoms with van der Waals surface area (Å²) < 4.78 is 0. The predicted molar refractivity (Wildman–Crippen MR) is 80.5 cm³/mol. The standard InChI is InChI=1S/C12H9Cl3N4/c13-7-4-6(5-8(14)10(7)15)19-12(17)11-9(16)2-1-3-18-11/h1-5H,16H2,(H2,17,19). The number of benzene rings is 1. The maximum Gasteiger partial charge on any atom is 0.152 e. The zero-order valence-electron chi connectivity index (χ0n) is 9.57. The van der Waals surface area contributed by atoms with Crippen LogP contribution in [-0.4, -0.2) is 10.8 Å². The smallest absolute Gasteiger partial charge is 0.152 e. The Morgan fingerprint density at radius 2 is 1.79 bits per heavy atom. The second-order valence-electron chi connectivity index (χ2n) is 3.66. The van der Waals surface area contributed by atoms with Crippen LogP contribution in [0, 0.1) is 0 Å². The molecule has 0 saturated heterocycles. The maximum absolute atomic E-state index is 5.91. The van der Waals surface area contributed by atoms with Crippen LogP contribution in [0.1, 0.15) is 5.69 Å². The number of rotatable bonds is 2. The number of amidine groups is 1. The van der Waals surface area contributed by atoms with E-state index in [0.29, 0.717) is 27.1 Å². The molecule has 1 aromatic carbocycles. The highest BCUT2D eigenvalue weighted by atomic mass is 35.5. The minimum Gasteiger partial charge on any atom is -0.397 e. The molecule has 4 nitrogen and oxygen atoms in total. The van der Waals surface area contributed by atoms with Crippen LogP contribution in [-0.2, 0) is 0 Å². The van der Waals surface area contributed by atoms with Crippen molar-refractivity contribution in [3.63, 3.8) is 0 Å². The van der Waals surface area contributed by atoms with Crippen LogP contribution in [0.5, 0.6) is 0 Å². The molecule has 0 fully saturated rings. The molecule has 2 aromatic rings. The second-order valence-corrected chi connectivity index (χ2v) is 4.85. The Bertz CT molecular complexity index is 632. The average molecular weight is 316 g/mol. The molecule has 2 rings (SSSR count). The Morgan fingerprint density at radius 1 is 1.16 bits per heavy atom. The number of nitrogens with two attached hydrogens (primary N) is 2. The zero-order valence-corrected chi connectivity index (χ0v) is 11.8. The first-order valence-electron chi connectivity index (χ1n) is 5.18. The molecule has 0 unspecified atom stereocenters. The van der Waals surface area contributed by atoms with Crippen molar-refractivity contribution in [2.24, 2.45) is 10.7 Å². The Hall–Kier alpha value is -1.49. The van der Waals surface area contributed by atoms with Gasteiger partial charge in [0.25, 0.3) is 0 Å². The van der Waals surface area contributed by atoms with E-state index in [-0.39, 0.29) is 10.9 Å². The van der Waals surface area contributed by atoms with Gasteiger partial charge in [0, 0.05) is 6.20 Å². The van der Waals surface area contributed by atoms with Crippen molar-refractivity contribution in [2.75, 3.05) is 5.73 Å². The van der Waals surface area contributed by atoms with E-state index in [1.807, 2.05) is 0 Å². The quantitative estimate of drug-likeness (QED) is 0.504. The number of halogens is 3. The van der Waals surface area contributed by atoms with Crippen molar-refractivity contribution < 1.29 is 0 Å². The lowest BCUT2D eigenvalue weighted by molar-refractivity contribution is 1.27. The van der Waals surface area contributed by atoms with E-state index in [2.05, 4.69) is 9.98 Å². The summed E-state index contributed by atoms with van der Waals surface area (Å²) in [4.78, 5) is 8.24. The van der Waals surface area contributed by atoms with Gasteiger partial charge in [0.15, 0.2) is 5.84 Å². The zero-order chi connectivity index (χ0) is 14.0. The van der Waals surface area contributed by atoms with E-state index in [4.69, 9.17) is 46.3 Å². The molecule has 1 heterocycles. The van der Waals surface area contributed by atoms with Crippen LogP contribution in [0.4, 0.5) is 11.4 Å². The first-order valence-corrected chi connectivity index (χ1v) is 6.32. The van der Waals surface area contributed by atoms with Gasteiger partial charge in [-0.25, -0.2) is 4.99 Å². The summed E-state index contributed by atoms with van der Waals surface area (Å²) in [5.74, 6) is 0.174. The van der Waals surface area contributed by atoms with Crippen molar-refractivity contribution >= 4 is 52.0 Å². The lowest BCUT2D eigenvalue weighted by atomic mass is 10.2. The minimum absolute atomic E-state index is 0.174. The van der Waals surface area contributed by atoms with Crippen molar-refractivity contribution in [1.82, 2.24) is 4.98 Å². The number of nitrogens with zero attached hydrogens (tertiary/aromatic N) is 2. The van der Waals surface area contributed by atoms with E-state index in [9.17, 15) is 0 Å². The number of pyridine rings is 1. The van der Waals surface area contributed by atoms with E-state index in [1.165, 1.54) is 0 Å². The molecule has 4 N–H and O–H groups in total. The van der Waals surface area contributed by atoms with Gasteiger partial charge in [-0.15, -0.1) is 0 Å². The fourth-order valence-corrected chi connectivity index (χ4v) is 2.02. The van der Waals surface area contributed by atoms with Gasteiger partial charge in [0.2, 0.25) is 0 Å².